The Morgan fingerprint density at radius 1 is 1.36 bits per heavy atom. The highest BCUT2D eigenvalue weighted by Crippen LogP contribution is 2.08. The first-order chi connectivity index (χ1) is 4.95. The van der Waals surface area contributed by atoms with Gasteiger partial charge in [-0.2, -0.15) is 0 Å². The van der Waals surface area contributed by atoms with Crippen molar-refractivity contribution >= 4 is 0 Å². The Hall–Kier alpha value is -0.340. The molecule has 0 saturated heterocycles. The van der Waals surface area contributed by atoms with E-state index in [0.29, 0.717) is 0 Å². The summed E-state index contributed by atoms with van der Waals surface area (Å²) in [6.45, 7) is 11.2. The molecular weight excluding hydrogens is 140 g/mol. The molecule has 2 atom stereocenters. The first kappa shape index (κ1) is 10.7. The smallest absolute Gasteiger partial charge is 0.100 e. The number of rotatable bonds is 4. The molecule has 2 nitrogen and oxygen atoms in total. The van der Waals surface area contributed by atoms with Gasteiger partial charge >= 0.3 is 0 Å². The maximum Gasteiger partial charge on any atom is 0.100 e. The standard InChI is InChI=1S/C9H18O2/c1-6(2)9(10)8(5)11-7(3)4/h7-10H,1H2,2-5H3. The molecule has 0 heterocycles. The molecule has 66 valence electrons. The molecule has 0 rings (SSSR count). The van der Waals surface area contributed by atoms with Gasteiger partial charge in [-0.25, -0.2) is 0 Å². The number of ether oxygens (including phenoxy) is 1. The summed E-state index contributed by atoms with van der Waals surface area (Å²) in [5.41, 5.74) is 0.748. The lowest BCUT2D eigenvalue weighted by Gasteiger charge is -2.21. The van der Waals surface area contributed by atoms with E-state index >= 15 is 0 Å². The van der Waals surface area contributed by atoms with E-state index in [0.717, 1.165) is 5.57 Å². The summed E-state index contributed by atoms with van der Waals surface area (Å²) in [6, 6.07) is 0. The fraction of sp³-hybridized carbons (Fsp3) is 0.778. The minimum absolute atomic E-state index is 0.152. The molecule has 0 fully saturated rings. The average Bonchev–Trinajstić information content (AvgIpc) is 1.84. The van der Waals surface area contributed by atoms with Gasteiger partial charge in [-0.1, -0.05) is 6.58 Å². The molecule has 0 saturated carbocycles. The normalized spacial score (nSPS) is 16.5. The molecule has 0 bridgehead atoms. The largest absolute Gasteiger partial charge is 0.386 e. The molecule has 0 aromatic heterocycles. The second-order valence-corrected chi connectivity index (χ2v) is 3.18. The third kappa shape index (κ3) is 4.17. The van der Waals surface area contributed by atoms with Crippen molar-refractivity contribution < 1.29 is 9.84 Å². The van der Waals surface area contributed by atoms with Crippen LogP contribution in [0.15, 0.2) is 12.2 Å². The van der Waals surface area contributed by atoms with Crippen molar-refractivity contribution in [3.8, 4) is 0 Å². The molecule has 0 radical (unpaired) electrons. The minimum atomic E-state index is -0.544. The van der Waals surface area contributed by atoms with Crippen molar-refractivity contribution in [2.24, 2.45) is 0 Å². The first-order valence-corrected chi connectivity index (χ1v) is 3.94. The van der Waals surface area contributed by atoms with Crippen molar-refractivity contribution in [2.45, 2.75) is 46.0 Å². The molecule has 0 aliphatic rings. The third-order valence-electron chi connectivity index (χ3n) is 1.44. The van der Waals surface area contributed by atoms with E-state index in [1.165, 1.54) is 0 Å². The molecule has 0 aromatic carbocycles. The number of hydrogen-bond acceptors (Lipinski definition) is 2. The molecule has 2 heteroatoms. The van der Waals surface area contributed by atoms with Gasteiger partial charge < -0.3 is 9.84 Å². The second-order valence-electron chi connectivity index (χ2n) is 3.18. The summed E-state index contributed by atoms with van der Waals surface area (Å²) in [5, 5.41) is 9.42. The van der Waals surface area contributed by atoms with Crippen LogP contribution in [-0.4, -0.2) is 23.4 Å². The van der Waals surface area contributed by atoms with Gasteiger partial charge in [0.25, 0.3) is 0 Å². The monoisotopic (exact) mass is 158 g/mol. The van der Waals surface area contributed by atoms with E-state index in [2.05, 4.69) is 6.58 Å². The summed E-state index contributed by atoms with van der Waals surface area (Å²) in [7, 11) is 0. The van der Waals surface area contributed by atoms with Crippen LogP contribution in [-0.2, 0) is 4.74 Å². The zero-order valence-corrected chi connectivity index (χ0v) is 7.79. The van der Waals surface area contributed by atoms with Crippen molar-refractivity contribution in [3.05, 3.63) is 12.2 Å². The van der Waals surface area contributed by atoms with Crippen molar-refractivity contribution in [1.82, 2.24) is 0 Å². The van der Waals surface area contributed by atoms with Crippen LogP contribution in [0.1, 0.15) is 27.7 Å². The summed E-state index contributed by atoms with van der Waals surface area (Å²) >= 11 is 0. The molecular formula is C9H18O2. The van der Waals surface area contributed by atoms with Gasteiger partial charge in [-0.05, 0) is 33.3 Å². The van der Waals surface area contributed by atoms with Crippen LogP contribution in [0.3, 0.4) is 0 Å². The lowest BCUT2D eigenvalue weighted by atomic mass is 10.1. The van der Waals surface area contributed by atoms with Crippen molar-refractivity contribution in [2.75, 3.05) is 0 Å². The van der Waals surface area contributed by atoms with Gasteiger partial charge in [-0.3, -0.25) is 0 Å². The van der Waals surface area contributed by atoms with Crippen LogP contribution >= 0.6 is 0 Å². The van der Waals surface area contributed by atoms with Gasteiger partial charge in [0.15, 0.2) is 0 Å². The number of aliphatic hydroxyl groups excluding tert-OH is 1. The summed E-state index contributed by atoms with van der Waals surface area (Å²) in [5.74, 6) is 0. The van der Waals surface area contributed by atoms with Crippen LogP contribution in [0, 0.1) is 0 Å². The molecule has 0 spiro atoms. The fourth-order valence-corrected chi connectivity index (χ4v) is 0.904. The van der Waals surface area contributed by atoms with E-state index < -0.39 is 6.10 Å². The SMILES string of the molecule is C=C(C)C(O)C(C)OC(C)C. The molecule has 11 heavy (non-hydrogen) atoms. The van der Waals surface area contributed by atoms with Gasteiger partial charge in [0.05, 0.1) is 12.2 Å². The first-order valence-electron chi connectivity index (χ1n) is 3.94. The molecule has 0 amide bonds. The average molecular weight is 158 g/mol. The highest BCUT2D eigenvalue weighted by Gasteiger charge is 2.15. The van der Waals surface area contributed by atoms with Gasteiger partial charge in [0, 0.05) is 0 Å². The predicted molar refractivity (Wildman–Crippen MR) is 46.5 cm³/mol. The lowest BCUT2D eigenvalue weighted by Crippen LogP contribution is -2.29. The topological polar surface area (TPSA) is 29.5 Å². The zero-order valence-electron chi connectivity index (χ0n) is 7.79. The van der Waals surface area contributed by atoms with Crippen LogP contribution < -0.4 is 0 Å². The summed E-state index contributed by atoms with van der Waals surface area (Å²) in [6.07, 6.45) is -0.552. The Morgan fingerprint density at radius 3 is 2.09 bits per heavy atom. The van der Waals surface area contributed by atoms with Gasteiger partial charge in [0.1, 0.15) is 6.10 Å². The van der Waals surface area contributed by atoms with Crippen LogP contribution in [0.25, 0.3) is 0 Å². The Bertz CT molecular complexity index is 130. The molecule has 2 unspecified atom stereocenters. The van der Waals surface area contributed by atoms with E-state index in [1.807, 2.05) is 20.8 Å². The Labute approximate surface area is 68.9 Å². The second kappa shape index (κ2) is 4.52. The number of aliphatic hydroxyl groups is 1. The lowest BCUT2D eigenvalue weighted by molar-refractivity contribution is -0.0411. The van der Waals surface area contributed by atoms with Gasteiger partial charge in [0.2, 0.25) is 0 Å². The van der Waals surface area contributed by atoms with Crippen LogP contribution in [0.5, 0.6) is 0 Å². The molecule has 0 aliphatic heterocycles. The van der Waals surface area contributed by atoms with Gasteiger partial charge in [-0.15, -0.1) is 0 Å². The Balaban J connectivity index is 3.82. The van der Waals surface area contributed by atoms with E-state index in [1.54, 1.807) is 6.92 Å². The third-order valence-corrected chi connectivity index (χ3v) is 1.44. The van der Waals surface area contributed by atoms with E-state index in [4.69, 9.17) is 4.74 Å². The summed E-state index contributed by atoms with van der Waals surface area (Å²) in [4.78, 5) is 0. The Kier molecular flexibility index (Phi) is 4.38. The Morgan fingerprint density at radius 2 is 1.82 bits per heavy atom. The highest BCUT2D eigenvalue weighted by atomic mass is 16.5. The fourth-order valence-electron chi connectivity index (χ4n) is 0.904. The zero-order chi connectivity index (χ0) is 9.02. The molecule has 1 N–H and O–H groups in total. The maximum absolute atomic E-state index is 9.42. The summed E-state index contributed by atoms with van der Waals surface area (Å²) < 4.78 is 5.36. The highest BCUT2D eigenvalue weighted by molar-refractivity contribution is 4.99. The van der Waals surface area contributed by atoms with Crippen LogP contribution in [0.4, 0.5) is 0 Å². The van der Waals surface area contributed by atoms with Crippen molar-refractivity contribution in [1.29, 1.82) is 0 Å². The molecule has 0 aliphatic carbocycles. The predicted octanol–water partition coefficient (Wildman–Crippen LogP) is 1.74. The number of hydrogen-bond donors (Lipinski definition) is 1. The quantitative estimate of drug-likeness (QED) is 0.631. The van der Waals surface area contributed by atoms with Crippen LogP contribution in [0.2, 0.25) is 0 Å². The maximum atomic E-state index is 9.42. The van der Waals surface area contributed by atoms with E-state index in [-0.39, 0.29) is 12.2 Å². The molecule has 0 aromatic rings. The van der Waals surface area contributed by atoms with E-state index in [9.17, 15) is 5.11 Å². The minimum Gasteiger partial charge on any atom is -0.386 e. The van der Waals surface area contributed by atoms with Crippen molar-refractivity contribution in [3.63, 3.8) is 0 Å².